The van der Waals surface area contributed by atoms with Crippen molar-refractivity contribution < 1.29 is 19.1 Å². The average Bonchev–Trinajstić information content (AvgIpc) is 2.89. The first kappa shape index (κ1) is 19.9. The van der Waals surface area contributed by atoms with Crippen molar-refractivity contribution in [1.82, 2.24) is 10.2 Å². The molecule has 1 saturated heterocycles. The minimum Gasteiger partial charge on any atom is -0.444 e. The Balaban J connectivity index is 2.96. The SMILES string of the molecule is C#[N+]C(=O)[C@@H]1CCCN1C(=O)[C@@H](NC(=O)OC(C)(C)C)C(C)(C)C. The molecule has 2 atom stereocenters. The lowest BCUT2D eigenvalue weighted by molar-refractivity contribution is -0.140. The third-order valence-electron chi connectivity index (χ3n) is 3.72. The van der Waals surface area contributed by atoms with Crippen LogP contribution in [0, 0.1) is 12.0 Å². The molecule has 0 aromatic rings. The number of hydrogen-bond donors (Lipinski definition) is 1. The van der Waals surface area contributed by atoms with Crippen LogP contribution in [-0.2, 0) is 14.3 Å². The number of carbonyl (C=O) groups is 3. The molecule has 0 aromatic carbocycles. The summed E-state index contributed by atoms with van der Waals surface area (Å²) in [5.74, 6) is -0.848. The van der Waals surface area contributed by atoms with Gasteiger partial charge >= 0.3 is 12.0 Å². The van der Waals surface area contributed by atoms with Crippen LogP contribution in [0.15, 0.2) is 0 Å². The Hall–Kier alpha value is -2.10. The van der Waals surface area contributed by atoms with Crippen LogP contribution >= 0.6 is 0 Å². The molecule has 3 amide bonds. The Morgan fingerprint density at radius 2 is 1.79 bits per heavy atom. The van der Waals surface area contributed by atoms with Crippen molar-refractivity contribution in [2.24, 2.45) is 5.41 Å². The van der Waals surface area contributed by atoms with Gasteiger partial charge in [0.25, 0.3) is 6.57 Å². The van der Waals surface area contributed by atoms with Gasteiger partial charge in [0.1, 0.15) is 11.6 Å². The van der Waals surface area contributed by atoms with Gasteiger partial charge in [0.05, 0.1) is 0 Å². The monoisotopic (exact) mass is 338 g/mol. The van der Waals surface area contributed by atoms with E-state index in [1.165, 1.54) is 4.90 Å². The second-order valence-corrected chi connectivity index (χ2v) is 8.10. The zero-order chi connectivity index (χ0) is 18.7. The second-order valence-electron chi connectivity index (χ2n) is 8.10. The lowest BCUT2D eigenvalue weighted by atomic mass is 9.85. The van der Waals surface area contributed by atoms with Gasteiger partial charge in [-0.2, -0.15) is 4.79 Å². The summed E-state index contributed by atoms with van der Waals surface area (Å²) in [6, 6.07) is -1.48. The molecule has 1 fully saturated rings. The highest BCUT2D eigenvalue weighted by Crippen LogP contribution is 2.26. The summed E-state index contributed by atoms with van der Waals surface area (Å²) < 4.78 is 5.25. The van der Waals surface area contributed by atoms with E-state index in [2.05, 4.69) is 10.2 Å². The molecule has 1 rings (SSSR count). The van der Waals surface area contributed by atoms with E-state index in [0.717, 1.165) is 0 Å². The van der Waals surface area contributed by atoms with Crippen molar-refractivity contribution in [3.8, 4) is 6.57 Å². The summed E-state index contributed by atoms with van der Waals surface area (Å²) in [4.78, 5) is 41.5. The van der Waals surface area contributed by atoms with E-state index in [0.29, 0.717) is 19.4 Å². The minimum atomic E-state index is -0.821. The Kier molecular flexibility index (Phi) is 5.99. The zero-order valence-electron chi connectivity index (χ0n) is 15.4. The van der Waals surface area contributed by atoms with E-state index >= 15 is 0 Å². The van der Waals surface area contributed by atoms with E-state index in [4.69, 9.17) is 11.3 Å². The Bertz CT molecular complexity index is 552. The molecule has 0 unspecified atom stereocenters. The molecule has 0 bridgehead atoms. The Morgan fingerprint density at radius 3 is 2.25 bits per heavy atom. The molecule has 0 spiro atoms. The van der Waals surface area contributed by atoms with Crippen LogP contribution < -0.4 is 5.32 Å². The number of hydrogen-bond acceptors (Lipinski definition) is 4. The molecule has 0 saturated carbocycles. The number of amides is 3. The van der Waals surface area contributed by atoms with Crippen LogP contribution in [0.25, 0.3) is 4.85 Å². The third-order valence-corrected chi connectivity index (χ3v) is 3.72. The van der Waals surface area contributed by atoms with Gasteiger partial charge in [0.2, 0.25) is 5.91 Å². The van der Waals surface area contributed by atoms with Crippen molar-refractivity contribution in [2.45, 2.75) is 72.1 Å². The fourth-order valence-corrected chi connectivity index (χ4v) is 2.61. The van der Waals surface area contributed by atoms with Crippen molar-refractivity contribution in [2.75, 3.05) is 6.54 Å². The fourth-order valence-electron chi connectivity index (χ4n) is 2.61. The van der Waals surface area contributed by atoms with Gasteiger partial charge in [-0.1, -0.05) is 20.8 Å². The second kappa shape index (κ2) is 7.20. The summed E-state index contributed by atoms with van der Waals surface area (Å²) in [5, 5.41) is 2.64. The molecule has 1 heterocycles. The molecule has 1 aliphatic rings. The van der Waals surface area contributed by atoms with Crippen molar-refractivity contribution >= 4 is 17.9 Å². The molecule has 1 aliphatic heterocycles. The summed E-state index contributed by atoms with van der Waals surface area (Å²) >= 11 is 0. The molecule has 7 nitrogen and oxygen atoms in total. The minimum absolute atomic E-state index is 0.326. The van der Waals surface area contributed by atoms with E-state index in [1.54, 1.807) is 20.8 Å². The van der Waals surface area contributed by atoms with E-state index in [9.17, 15) is 14.4 Å². The number of ether oxygens (including phenoxy) is 1. The van der Waals surface area contributed by atoms with E-state index in [1.807, 2.05) is 20.8 Å². The molecule has 7 heteroatoms. The molecular weight excluding hydrogens is 310 g/mol. The summed E-state index contributed by atoms with van der Waals surface area (Å²) in [5.41, 5.74) is -1.22. The zero-order valence-corrected chi connectivity index (χ0v) is 15.4. The highest BCUT2D eigenvalue weighted by atomic mass is 16.6. The van der Waals surface area contributed by atoms with Crippen molar-refractivity contribution in [3.05, 3.63) is 4.85 Å². The topological polar surface area (TPSA) is 80.1 Å². The number of rotatable bonds is 3. The molecule has 0 aliphatic carbocycles. The lowest BCUT2D eigenvalue weighted by Gasteiger charge is -2.34. The first-order valence-corrected chi connectivity index (χ1v) is 8.11. The maximum atomic E-state index is 12.9. The van der Waals surface area contributed by atoms with Crippen LogP contribution in [0.5, 0.6) is 0 Å². The predicted molar refractivity (Wildman–Crippen MR) is 90.7 cm³/mol. The van der Waals surface area contributed by atoms with Crippen LogP contribution in [0.4, 0.5) is 4.79 Å². The molecule has 1 N–H and O–H groups in total. The van der Waals surface area contributed by atoms with Gasteiger partial charge < -0.3 is 15.0 Å². The van der Waals surface area contributed by atoms with E-state index < -0.39 is 35.1 Å². The van der Waals surface area contributed by atoms with Crippen LogP contribution in [0.1, 0.15) is 54.4 Å². The highest BCUT2D eigenvalue weighted by molar-refractivity contribution is 5.96. The van der Waals surface area contributed by atoms with Crippen molar-refractivity contribution in [3.63, 3.8) is 0 Å². The number of nitrogens with zero attached hydrogens (tertiary/aromatic N) is 2. The third kappa shape index (κ3) is 5.22. The van der Waals surface area contributed by atoms with Gasteiger partial charge in [0, 0.05) is 11.4 Å². The number of likely N-dealkylation sites (tertiary alicyclic amines) is 1. The molecular formula is C17H28N3O4+. The number of nitrogens with one attached hydrogen (secondary N) is 1. The first-order valence-electron chi connectivity index (χ1n) is 8.11. The Morgan fingerprint density at radius 1 is 1.21 bits per heavy atom. The van der Waals surface area contributed by atoms with Crippen LogP contribution in [-0.4, -0.2) is 47.0 Å². The first-order chi connectivity index (χ1) is 10.9. The summed E-state index contributed by atoms with van der Waals surface area (Å²) in [6.07, 6.45) is 0.552. The van der Waals surface area contributed by atoms with E-state index in [-0.39, 0.29) is 5.91 Å². The van der Waals surface area contributed by atoms with Gasteiger partial charge in [-0.25, -0.2) is 4.79 Å². The number of carbonyl (C=O) groups excluding carboxylic acids is 3. The van der Waals surface area contributed by atoms with Crippen LogP contribution in [0.3, 0.4) is 0 Å². The molecule has 0 radical (unpaired) electrons. The highest BCUT2D eigenvalue weighted by Gasteiger charge is 2.45. The number of alkyl carbamates (subject to hydrolysis) is 1. The maximum Gasteiger partial charge on any atom is 0.537 e. The largest absolute Gasteiger partial charge is 0.537 e. The quantitative estimate of drug-likeness (QED) is 0.857. The normalized spacial score (nSPS) is 19.4. The molecule has 134 valence electrons. The van der Waals surface area contributed by atoms with Gasteiger partial charge in [-0.3, -0.25) is 4.79 Å². The standard InChI is InChI=1S/C17H27N3O4/c1-16(2,3)12(19-15(23)24-17(4,5)6)14(22)20-10-8-9-11(20)13(21)18-7/h7,11-12H,8-10H2,1-6H3/p+1/t11-,12+/m0/s1. The molecule has 0 aromatic heterocycles. The maximum absolute atomic E-state index is 12.9. The summed E-state index contributed by atoms with van der Waals surface area (Å²) in [7, 11) is 0. The predicted octanol–water partition coefficient (Wildman–Crippen LogP) is 2.41. The lowest BCUT2D eigenvalue weighted by Crippen LogP contribution is -2.57. The Labute approximate surface area is 143 Å². The smallest absolute Gasteiger partial charge is 0.444 e. The van der Waals surface area contributed by atoms with Gasteiger partial charge in [-0.15, -0.1) is 0 Å². The molecule has 24 heavy (non-hydrogen) atoms. The van der Waals surface area contributed by atoms with Crippen LogP contribution in [0.2, 0.25) is 0 Å². The summed E-state index contributed by atoms with van der Waals surface area (Å²) in [6.45, 7) is 16.3. The average molecular weight is 338 g/mol. The van der Waals surface area contributed by atoms with Gasteiger partial charge in [0.15, 0.2) is 6.04 Å². The van der Waals surface area contributed by atoms with Gasteiger partial charge in [-0.05, 0) is 39.0 Å². The fraction of sp³-hybridized carbons (Fsp3) is 0.765. The van der Waals surface area contributed by atoms with Crippen molar-refractivity contribution in [1.29, 1.82) is 0 Å².